The van der Waals surface area contributed by atoms with Gasteiger partial charge in [-0.15, -0.1) is 12.4 Å². The Balaban J connectivity index is 0.00000400. The Labute approximate surface area is 134 Å². The maximum Gasteiger partial charge on any atom is 0.123 e. The van der Waals surface area contributed by atoms with Crippen LogP contribution < -0.4 is 5.73 Å². The number of hydrogen-bond donors (Lipinski definition) is 2. The number of aromatic hydroxyl groups is 1. The van der Waals surface area contributed by atoms with Gasteiger partial charge in [0.15, 0.2) is 0 Å². The normalized spacial score (nSPS) is 13.7. The van der Waals surface area contributed by atoms with Crippen LogP contribution in [-0.4, -0.2) is 11.8 Å². The average Bonchev–Trinajstić information content (AvgIpc) is 2.26. The van der Waals surface area contributed by atoms with Gasteiger partial charge in [-0.1, -0.05) is 53.7 Å². The van der Waals surface area contributed by atoms with Gasteiger partial charge in [0.05, 0.1) is 6.67 Å². The second kappa shape index (κ2) is 6.97. The highest BCUT2D eigenvalue weighted by Crippen LogP contribution is 2.40. The van der Waals surface area contributed by atoms with Crippen LogP contribution in [0.1, 0.15) is 70.7 Å². The van der Waals surface area contributed by atoms with Crippen molar-refractivity contribution in [3.05, 3.63) is 28.8 Å². The monoisotopic (exact) mass is 317 g/mol. The van der Waals surface area contributed by atoms with Crippen LogP contribution in [0, 0.1) is 0 Å². The van der Waals surface area contributed by atoms with Crippen molar-refractivity contribution in [2.45, 2.75) is 64.8 Å². The van der Waals surface area contributed by atoms with Crippen molar-refractivity contribution in [2.24, 2.45) is 5.73 Å². The van der Waals surface area contributed by atoms with E-state index in [-0.39, 0.29) is 29.3 Å². The molecule has 0 amide bonds. The van der Waals surface area contributed by atoms with Crippen molar-refractivity contribution in [1.82, 2.24) is 0 Å². The standard InChI is InChI=1S/C17H28FNO.ClH/c1-16(2,3)12-9-11(14(19)7-8-18)10-13(15(12)20)17(4,5)6;/h9-10,14,20H,7-8,19H2,1-6H3;1H/t14-;/m0./s1. The second-order valence-corrected chi connectivity index (χ2v) is 7.55. The summed E-state index contributed by atoms with van der Waals surface area (Å²) >= 11 is 0. The van der Waals surface area contributed by atoms with Gasteiger partial charge in [-0.2, -0.15) is 0 Å². The number of halogens is 2. The molecule has 0 radical (unpaired) electrons. The molecule has 0 saturated heterocycles. The fraction of sp³-hybridized carbons (Fsp3) is 0.647. The Bertz CT molecular complexity index is 440. The van der Waals surface area contributed by atoms with Crippen LogP contribution in [0.4, 0.5) is 4.39 Å². The van der Waals surface area contributed by atoms with Crippen LogP contribution in [0.15, 0.2) is 12.1 Å². The molecule has 1 aromatic carbocycles. The van der Waals surface area contributed by atoms with E-state index in [1.807, 2.05) is 12.1 Å². The van der Waals surface area contributed by atoms with Crippen molar-refractivity contribution in [3.8, 4) is 5.75 Å². The lowest BCUT2D eigenvalue weighted by Gasteiger charge is -2.29. The van der Waals surface area contributed by atoms with Crippen LogP contribution in [0.2, 0.25) is 0 Å². The topological polar surface area (TPSA) is 46.2 Å². The molecule has 21 heavy (non-hydrogen) atoms. The Morgan fingerprint density at radius 1 is 1.05 bits per heavy atom. The number of phenols is 1. The Hall–Kier alpha value is -0.800. The molecule has 0 saturated carbocycles. The zero-order valence-electron chi connectivity index (χ0n) is 14.0. The predicted molar refractivity (Wildman–Crippen MR) is 90.3 cm³/mol. The van der Waals surface area contributed by atoms with Gasteiger partial charge in [0.2, 0.25) is 0 Å². The second-order valence-electron chi connectivity index (χ2n) is 7.55. The Morgan fingerprint density at radius 3 is 1.71 bits per heavy atom. The Morgan fingerprint density at radius 2 is 1.43 bits per heavy atom. The van der Waals surface area contributed by atoms with Crippen molar-refractivity contribution in [2.75, 3.05) is 6.67 Å². The fourth-order valence-electron chi connectivity index (χ4n) is 2.30. The molecule has 3 N–H and O–H groups in total. The number of benzene rings is 1. The summed E-state index contributed by atoms with van der Waals surface area (Å²) in [5.74, 6) is 0.334. The smallest absolute Gasteiger partial charge is 0.123 e. The van der Waals surface area contributed by atoms with E-state index in [0.29, 0.717) is 12.2 Å². The number of hydrogen-bond acceptors (Lipinski definition) is 2. The summed E-state index contributed by atoms with van der Waals surface area (Å²) in [4.78, 5) is 0. The first-order valence-corrected chi connectivity index (χ1v) is 7.18. The lowest BCUT2D eigenvalue weighted by Crippen LogP contribution is -2.20. The van der Waals surface area contributed by atoms with Crippen molar-refractivity contribution in [3.63, 3.8) is 0 Å². The van der Waals surface area contributed by atoms with E-state index >= 15 is 0 Å². The number of phenolic OH excluding ortho intramolecular Hbond substituents is 1. The first kappa shape index (κ1) is 20.2. The van der Waals surface area contributed by atoms with Gasteiger partial charge in [-0.3, -0.25) is 4.39 Å². The number of nitrogens with two attached hydrogens (primary N) is 1. The molecule has 122 valence electrons. The minimum atomic E-state index is -0.433. The van der Waals surface area contributed by atoms with Crippen LogP contribution in [0.3, 0.4) is 0 Å². The quantitative estimate of drug-likeness (QED) is 0.843. The molecule has 0 fully saturated rings. The highest BCUT2D eigenvalue weighted by Gasteiger charge is 2.27. The maximum atomic E-state index is 12.5. The van der Waals surface area contributed by atoms with E-state index < -0.39 is 6.67 Å². The average molecular weight is 318 g/mol. The molecule has 0 aliphatic rings. The van der Waals surface area contributed by atoms with Crippen LogP contribution >= 0.6 is 12.4 Å². The Kier molecular flexibility index (Phi) is 6.71. The molecule has 0 bridgehead atoms. The molecule has 0 aliphatic heterocycles. The van der Waals surface area contributed by atoms with Crippen molar-refractivity contribution < 1.29 is 9.50 Å². The van der Waals surface area contributed by atoms with E-state index in [4.69, 9.17) is 5.73 Å². The highest BCUT2D eigenvalue weighted by molar-refractivity contribution is 5.85. The lowest BCUT2D eigenvalue weighted by molar-refractivity contribution is 0.419. The molecular weight excluding hydrogens is 289 g/mol. The molecule has 0 aliphatic carbocycles. The SMILES string of the molecule is CC(C)(C)c1cc([C@@H](N)CCF)cc(C(C)(C)C)c1O.Cl. The summed E-state index contributed by atoms with van der Waals surface area (Å²) in [5, 5.41) is 10.6. The maximum absolute atomic E-state index is 12.5. The fourth-order valence-corrected chi connectivity index (χ4v) is 2.30. The summed E-state index contributed by atoms with van der Waals surface area (Å²) in [6.07, 6.45) is 0.304. The van der Waals surface area contributed by atoms with Gasteiger partial charge < -0.3 is 10.8 Å². The van der Waals surface area contributed by atoms with Gasteiger partial charge in [0, 0.05) is 6.04 Å². The highest BCUT2D eigenvalue weighted by atomic mass is 35.5. The van der Waals surface area contributed by atoms with Crippen LogP contribution in [0.5, 0.6) is 5.75 Å². The third-order valence-corrected chi connectivity index (χ3v) is 3.60. The number of alkyl halides is 1. The third kappa shape index (κ3) is 4.86. The molecule has 0 heterocycles. The summed E-state index contributed by atoms with van der Waals surface area (Å²) in [5.41, 5.74) is 8.33. The van der Waals surface area contributed by atoms with E-state index in [0.717, 1.165) is 16.7 Å². The zero-order chi connectivity index (χ0) is 15.7. The molecular formula is C17H29ClFNO. The first-order chi connectivity index (χ1) is 8.98. The summed E-state index contributed by atoms with van der Waals surface area (Å²) in [6, 6.07) is 3.51. The van der Waals surface area contributed by atoms with Gasteiger partial charge in [-0.05, 0) is 33.9 Å². The minimum Gasteiger partial charge on any atom is -0.507 e. The molecule has 1 atom stereocenters. The van der Waals surface area contributed by atoms with Crippen LogP contribution in [-0.2, 0) is 10.8 Å². The summed E-state index contributed by atoms with van der Waals surface area (Å²) < 4.78 is 12.5. The van der Waals surface area contributed by atoms with E-state index in [9.17, 15) is 9.50 Å². The van der Waals surface area contributed by atoms with Gasteiger partial charge in [0.25, 0.3) is 0 Å². The van der Waals surface area contributed by atoms with Gasteiger partial charge in [0.1, 0.15) is 5.75 Å². The van der Waals surface area contributed by atoms with E-state index in [1.165, 1.54) is 0 Å². The summed E-state index contributed by atoms with van der Waals surface area (Å²) in [6.45, 7) is 11.9. The largest absolute Gasteiger partial charge is 0.507 e. The van der Waals surface area contributed by atoms with E-state index in [2.05, 4.69) is 41.5 Å². The third-order valence-electron chi connectivity index (χ3n) is 3.60. The summed E-state index contributed by atoms with van der Waals surface area (Å²) in [7, 11) is 0. The van der Waals surface area contributed by atoms with Crippen molar-refractivity contribution >= 4 is 12.4 Å². The van der Waals surface area contributed by atoms with Crippen LogP contribution in [0.25, 0.3) is 0 Å². The predicted octanol–water partition coefficient (Wildman–Crippen LogP) is 4.77. The number of rotatable bonds is 3. The van der Waals surface area contributed by atoms with Crippen molar-refractivity contribution in [1.29, 1.82) is 0 Å². The molecule has 1 aromatic rings. The molecule has 0 unspecified atom stereocenters. The molecule has 0 spiro atoms. The van der Waals surface area contributed by atoms with Gasteiger partial charge >= 0.3 is 0 Å². The van der Waals surface area contributed by atoms with Gasteiger partial charge in [-0.25, -0.2) is 0 Å². The minimum absolute atomic E-state index is 0. The molecule has 4 heteroatoms. The molecule has 2 nitrogen and oxygen atoms in total. The molecule has 0 aromatic heterocycles. The van der Waals surface area contributed by atoms with E-state index in [1.54, 1.807) is 0 Å². The molecule has 1 rings (SSSR count). The first-order valence-electron chi connectivity index (χ1n) is 7.18. The lowest BCUT2D eigenvalue weighted by atomic mass is 9.77. The zero-order valence-corrected chi connectivity index (χ0v) is 14.8.